The van der Waals surface area contributed by atoms with Gasteiger partial charge in [0.1, 0.15) is 5.75 Å². The third-order valence-corrected chi connectivity index (χ3v) is 4.16. The van der Waals surface area contributed by atoms with Gasteiger partial charge in [-0.1, -0.05) is 0 Å². The van der Waals surface area contributed by atoms with Crippen molar-refractivity contribution in [2.75, 3.05) is 12.4 Å². The standard InChI is InChI=1S/C17H18N2O4/c1-23-11-7-5-10(6-8-11)18-17(22)12-9-15(21)19-13-3-2-4-14(20)16(12)13/h5-8,12H,2-4,9H2,1H3,(H,18,22)(H,19,21)/t12-/m0/s1. The number of methoxy groups -OCH3 is 1. The van der Waals surface area contributed by atoms with Crippen LogP contribution in [0.5, 0.6) is 5.75 Å². The molecule has 0 radical (unpaired) electrons. The number of hydrogen-bond donors (Lipinski definition) is 2. The molecule has 2 aliphatic rings. The number of hydrogen-bond acceptors (Lipinski definition) is 4. The highest BCUT2D eigenvalue weighted by atomic mass is 16.5. The average molecular weight is 314 g/mol. The van der Waals surface area contributed by atoms with Crippen molar-refractivity contribution in [1.82, 2.24) is 5.32 Å². The van der Waals surface area contributed by atoms with Crippen LogP contribution in [0.4, 0.5) is 5.69 Å². The highest BCUT2D eigenvalue weighted by Crippen LogP contribution is 2.32. The van der Waals surface area contributed by atoms with Crippen molar-refractivity contribution in [2.24, 2.45) is 5.92 Å². The highest BCUT2D eigenvalue weighted by Gasteiger charge is 2.37. The van der Waals surface area contributed by atoms with Gasteiger partial charge in [0.05, 0.1) is 13.0 Å². The minimum Gasteiger partial charge on any atom is -0.497 e. The van der Waals surface area contributed by atoms with Gasteiger partial charge in [0, 0.05) is 29.8 Å². The fourth-order valence-electron chi connectivity index (χ4n) is 3.03. The number of carbonyl (C=O) groups excluding carboxylic acids is 3. The van der Waals surface area contributed by atoms with Gasteiger partial charge in [0.2, 0.25) is 11.8 Å². The monoisotopic (exact) mass is 314 g/mol. The van der Waals surface area contributed by atoms with E-state index in [1.807, 2.05) is 0 Å². The molecule has 120 valence electrons. The van der Waals surface area contributed by atoms with Crippen LogP contribution in [0.3, 0.4) is 0 Å². The van der Waals surface area contributed by atoms with Crippen LogP contribution >= 0.6 is 0 Å². The lowest BCUT2D eigenvalue weighted by molar-refractivity contribution is -0.128. The molecule has 23 heavy (non-hydrogen) atoms. The number of carbonyl (C=O) groups is 3. The molecule has 0 aromatic heterocycles. The number of allylic oxidation sites excluding steroid dienone is 1. The number of benzene rings is 1. The molecule has 0 spiro atoms. The molecule has 1 aliphatic carbocycles. The molecule has 3 rings (SSSR count). The van der Waals surface area contributed by atoms with E-state index in [1.165, 1.54) is 0 Å². The molecule has 1 heterocycles. The van der Waals surface area contributed by atoms with Crippen molar-refractivity contribution in [2.45, 2.75) is 25.7 Å². The van der Waals surface area contributed by atoms with Crippen LogP contribution in [0.1, 0.15) is 25.7 Å². The summed E-state index contributed by atoms with van der Waals surface area (Å²) in [5.74, 6) is -0.608. The predicted molar refractivity (Wildman–Crippen MR) is 83.8 cm³/mol. The van der Waals surface area contributed by atoms with E-state index >= 15 is 0 Å². The summed E-state index contributed by atoms with van der Waals surface area (Å²) < 4.78 is 5.07. The largest absolute Gasteiger partial charge is 0.497 e. The first kappa shape index (κ1) is 15.3. The van der Waals surface area contributed by atoms with E-state index in [0.29, 0.717) is 42.0 Å². The SMILES string of the molecule is COc1ccc(NC(=O)[C@H]2CC(=O)NC3=C2C(=O)CCC3)cc1. The third-order valence-electron chi connectivity index (χ3n) is 4.16. The van der Waals surface area contributed by atoms with Crippen molar-refractivity contribution in [3.05, 3.63) is 35.5 Å². The van der Waals surface area contributed by atoms with E-state index in [4.69, 9.17) is 4.74 Å². The maximum atomic E-state index is 12.6. The molecule has 1 aliphatic heterocycles. The maximum absolute atomic E-state index is 12.6. The Hall–Kier alpha value is -2.63. The molecule has 0 unspecified atom stereocenters. The molecule has 0 saturated carbocycles. The topological polar surface area (TPSA) is 84.5 Å². The first-order valence-electron chi connectivity index (χ1n) is 7.59. The Morgan fingerprint density at radius 2 is 1.96 bits per heavy atom. The number of Topliss-reactive ketones (excluding diaryl/α,β-unsaturated/α-hetero) is 1. The summed E-state index contributed by atoms with van der Waals surface area (Å²) >= 11 is 0. The summed E-state index contributed by atoms with van der Waals surface area (Å²) in [5.41, 5.74) is 1.70. The zero-order valence-electron chi connectivity index (χ0n) is 12.8. The van der Waals surface area contributed by atoms with Crippen LogP contribution in [-0.4, -0.2) is 24.7 Å². The summed E-state index contributed by atoms with van der Waals surface area (Å²) in [6.07, 6.45) is 1.79. The van der Waals surface area contributed by atoms with Gasteiger partial charge in [-0.3, -0.25) is 14.4 Å². The quantitative estimate of drug-likeness (QED) is 0.890. The summed E-state index contributed by atoms with van der Waals surface area (Å²) in [5, 5.41) is 5.51. The Labute approximate surface area is 133 Å². The molecule has 2 N–H and O–H groups in total. The van der Waals surface area contributed by atoms with E-state index in [1.54, 1.807) is 31.4 Å². The van der Waals surface area contributed by atoms with E-state index < -0.39 is 5.92 Å². The first-order valence-corrected chi connectivity index (χ1v) is 7.59. The third kappa shape index (κ3) is 3.11. The lowest BCUT2D eigenvalue weighted by Crippen LogP contribution is -2.41. The second-order valence-corrected chi connectivity index (χ2v) is 5.69. The zero-order valence-corrected chi connectivity index (χ0v) is 12.8. The van der Waals surface area contributed by atoms with Gasteiger partial charge in [0.15, 0.2) is 5.78 Å². The van der Waals surface area contributed by atoms with Crippen LogP contribution in [0, 0.1) is 5.92 Å². The van der Waals surface area contributed by atoms with Gasteiger partial charge >= 0.3 is 0 Å². The van der Waals surface area contributed by atoms with Crippen LogP contribution in [0.2, 0.25) is 0 Å². The molecule has 6 nitrogen and oxygen atoms in total. The zero-order chi connectivity index (χ0) is 16.4. The predicted octanol–water partition coefficient (Wildman–Crippen LogP) is 1.78. The average Bonchev–Trinajstić information content (AvgIpc) is 2.54. The molecule has 1 atom stereocenters. The minimum absolute atomic E-state index is 0.00651. The lowest BCUT2D eigenvalue weighted by Gasteiger charge is -2.30. The normalized spacial score (nSPS) is 20.7. The number of ether oxygens (including phenoxy) is 1. The molecule has 1 aromatic carbocycles. The van der Waals surface area contributed by atoms with Crippen molar-refractivity contribution >= 4 is 23.3 Å². The van der Waals surface area contributed by atoms with Gasteiger partial charge in [-0.2, -0.15) is 0 Å². The van der Waals surface area contributed by atoms with E-state index in [9.17, 15) is 14.4 Å². The lowest BCUT2D eigenvalue weighted by atomic mass is 9.81. The number of anilines is 1. The molecule has 2 amide bonds. The second kappa shape index (κ2) is 6.24. The van der Waals surface area contributed by atoms with Crippen LogP contribution < -0.4 is 15.4 Å². The number of amides is 2. The minimum atomic E-state index is -0.714. The summed E-state index contributed by atoms with van der Waals surface area (Å²) in [6.45, 7) is 0. The van der Waals surface area contributed by atoms with E-state index in [2.05, 4.69) is 10.6 Å². The van der Waals surface area contributed by atoms with Crippen LogP contribution in [0.25, 0.3) is 0 Å². The number of rotatable bonds is 3. The second-order valence-electron chi connectivity index (χ2n) is 5.69. The van der Waals surface area contributed by atoms with Crippen LogP contribution in [0.15, 0.2) is 35.5 Å². The fraction of sp³-hybridized carbons (Fsp3) is 0.353. The smallest absolute Gasteiger partial charge is 0.232 e. The van der Waals surface area contributed by atoms with Crippen molar-refractivity contribution < 1.29 is 19.1 Å². The van der Waals surface area contributed by atoms with E-state index in [0.717, 1.165) is 0 Å². The Morgan fingerprint density at radius 3 is 2.65 bits per heavy atom. The molecule has 0 fully saturated rings. The molecule has 1 aromatic rings. The molecule has 0 bridgehead atoms. The number of nitrogens with one attached hydrogen (secondary N) is 2. The van der Waals surface area contributed by atoms with E-state index in [-0.39, 0.29) is 24.0 Å². The Balaban J connectivity index is 1.82. The molecule has 0 saturated heterocycles. The van der Waals surface area contributed by atoms with Gasteiger partial charge in [-0.15, -0.1) is 0 Å². The molecular weight excluding hydrogens is 296 g/mol. The summed E-state index contributed by atoms with van der Waals surface area (Å²) in [6, 6.07) is 6.91. The van der Waals surface area contributed by atoms with Gasteiger partial charge in [-0.05, 0) is 37.1 Å². The van der Waals surface area contributed by atoms with Crippen molar-refractivity contribution in [3.63, 3.8) is 0 Å². The Morgan fingerprint density at radius 1 is 1.22 bits per heavy atom. The Bertz CT molecular complexity index is 691. The maximum Gasteiger partial charge on any atom is 0.232 e. The Kier molecular flexibility index (Phi) is 4.14. The molecule has 6 heteroatoms. The highest BCUT2D eigenvalue weighted by molar-refractivity contribution is 6.09. The number of ketones is 1. The summed E-state index contributed by atoms with van der Waals surface area (Å²) in [7, 11) is 1.57. The first-order chi connectivity index (χ1) is 11.1. The molecular formula is C17H18N2O4. The van der Waals surface area contributed by atoms with Gasteiger partial charge < -0.3 is 15.4 Å². The fourth-order valence-corrected chi connectivity index (χ4v) is 3.03. The van der Waals surface area contributed by atoms with Crippen molar-refractivity contribution in [3.8, 4) is 5.75 Å². The van der Waals surface area contributed by atoms with Gasteiger partial charge in [0.25, 0.3) is 0 Å². The van der Waals surface area contributed by atoms with Crippen molar-refractivity contribution in [1.29, 1.82) is 0 Å². The van der Waals surface area contributed by atoms with Gasteiger partial charge in [-0.25, -0.2) is 0 Å². The van der Waals surface area contributed by atoms with Crippen LogP contribution in [-0.2, 0) is 14.4 Å². The summed E-state index contributed by atoms with van der Waals surface area (Å²) in [4.78, 5) is 36.6.